The second kappa shape index (κ2) is 24.4. The average Bonchev–Trinajstić information content (AvgIpc) is 1.39. The first-order valence-corrected chi connectivity index (χ1v) is 36.2. The van der Waals surface area contributed by atoms with Crippen LogP contribution in [0, 0.1) is 0 Å². The molecule has 11 nitrogen and oxygen atoms in total. The normalized spacial score (nSPS) is 11.9. The highest BCUT2D eigenvalue weighted by Gasteiger charge is 2.22. The number of benzene rings is 13. The lowest BCUT2D eigenvalue weighted by Gasteiger charge is -2.13. The zero-order chi connectivity index (χ0) is 70.9. The van der Waals surface area contributed by atoms with Gasteiger partial charge in [-0.2, -0.15) is 0 Å². The lowest BCUT2D eigenvalue weighted by atomic mass is 9.92. The van der Waals surface area contributed by atoms with Gasteiger partial charge in [0.15, 0.2) is 0 Å². The predicted octanol–water partition coefficient (Wildman–Crippen LogP) is 26.4. The highest BCUT2D eigenvalue weighted by atomic mass is 16.3. The molecule has 11 heterocycles. The van der Waals surface area contributed by atoms with E-state index in [2.05, 4.69) is 308 Å². The second-order valence-electron chi connectivity index (χ2n) is 27.4. The van der Waals surface area contributed by atoms with Crippen molar-refractivity contribution in [3.05, 3.63) is 365 Å². The molecule has 0 saturated carbocycles. The van der Waals surface area contributed by atoms with Gasteiger partial charge >= 0.3 is 0 Å². The molecular formula is C97H60N6O5. The fourth-order valence-electron chi connectivity index (χ4n) is 16.8. The van der Waals surface area contributed by atoms with Gasteiger partial charge in [-0.05, 0) is 182 Å². The first-order valence-electron chi connectivity index (χ1n) is 36.2. The molecular weight excluding hydrogens is 1330 g/mol. The maximum atomic E-state index is 5.94. The second-order valence-corrected chi connectivity index (χ2v) is 27.4. The summed E-state index contributed by atoms with van der Waals surface area (Å²) < 4.78 is 40.5. The molecule has 11 heteroatoms. The van der Waals surface area contributed by atoms with Crippen molar-refractivity contribution in [3.63, 3.8) is 0 Å². The number of rotatable bonds is 8. The van der Waals surface area contributed by atoms with E-state index in [1.54, 1.807) is 31.3 Å². The largest absolute Gasteiger partial charge is 0.447 e. The fourth-order valence-corrected chi connectivity index (χ4v) is 16.8. The molecule has 0 N–H and O–H groups in total. The van der Waals surface area contributed by atoms with E-state index in [-0.39, 0.29) is 0 Å². The van der Waals surface area contributed by atoms with Gasteiger partial charge < -0.3 is 22.1 Å². The predicted molar refractivity (Wildman–Crippen MR) is 439 cm³/mol. The van der Waals surface area contributed by atoms with E-state index in [0.29, 0.717) is 0 Å². The number of fused-ring (bicyclic) bond motifs is 21. The average molecular weight is 1390 g/mol. The SMILES string of the molecule is c1cc(-c2ccc3c4ccccc4c4ccccc4c3c2)cc(-n2c3ccccc3c3ccoc32)c1.c1cc(-c2cccc(-n3c4ccccc4c4ccoc43)c2)cc(-n2c3ccccc3c3ccoc32)c1.c1cc(-c2cccc(-n3c4ccccc4c4ccoc43)n2)cc(-n2c3ccccc3c3ccoc32)c1. The molecule has 0 bridgehead atoms. The molecule has 108 heavy (non-hydrogen) atoms. The van der Waals surface area contributed by atoms with Gasteiger partial charge in [0.25, 0.3) is 0 Å². The molecule has 0 aliphatic heterocycles. The van der Waals surface area contributed by atoms with E-state index in [4.69, 9.17) is 27.1 Å². The van der Waals surface area contributed by atoms with Crippen LogP contribution in [0.5, 0.6) is 0 Å². The van der Waals surface area contributed by atoms with Gasteiger partial charge in [0.1, 0.15) is 5.82 Å². The maximum Gasteiger partial charge on any atom is 0.213 e. The molecule has 0 amide bonds. The van der Waals surface area contributed by atoms with Gasteiger partial charge in [0, 0.05) is 82.2 Å². The number of nitrogens with zero attached hydrogens (tertiary/aromatic N) is 6. The molecule has 13 aromatic carbocycles. The monoisotopic (exact) mass is 1390 g/mol. The Morgan fingerprint density at radius 1 is 0.176 bits per heavy atom. The number of hydrogen-bond donors (Lipinski definition) is 0. The lowest BCUT2D eigenvalue weighted by molar-refractivity contribution is 0.594. The van der Waals surface area contributed by atoms with Crippen LogP contribution in [-0.2, 0) is 0 Å². The van der Waals surface area contributed by atoms with Crippen molar-refractivity contribution in [2.24, 2.45) is 0 Å². The van der Waals surface area contributed by atoms with Gasteiger partial charge in [0.2, 0.25) is 28.6 Å². The van der Waals surface area contributed by atoms with Crippen LogP contribution in [0.4, 0.5) is 0 Å². The summed E-state index contributed by atoms with van der Waals surface area (Å²) >= 11 is 0. The summed E-state index contributed by atoms with van der Waals surface area (Å²) in [4.78, 5) is 5.07. The molecule has 508 valence electrons. The Hall–Kier alpha value is -14.8. The first-order chi connectivity index (χ1) is 53.6. The zero-order valence-electron chi connectivity index (χ0n) is 57.9. The number of pyridine rings is 1. The summed E-state index contributed by atoms with van der Waals surface area (Å²) in [6.45, 7) is 0. The molecule has 0 atom stereocenters. The number of para-hydroxylation sites is 5. The van der Waals surface area contributed by atoms with E-state index >= 15 is 0 Å². The topological polar surface area (TPSA) is 103 Å². The highest BCUT2D eigenvalue weighted by molar-refractivity contribution is 6.26. The summed E-state index contributed by atoms with van der Waals surface area (Å²) in [5.41, 5.74) is 20.7. The Balaban J connectivity index is 0.000000100. The van der Waals surface area contributed by atoms with Crippen molar-refractivity contribution in [2.45, 2.75) is 0 Å². The van der Waals surface area contributed by atoms with Gasteiger partial charge in [-0.25, -0.2) is 4.98 Å². The minimum absolute atomic E-state index is 0.800. The quantitative estimate of drug-likeness (QED) is 0.140. The van der Waals surface area contributed by atoms with Gasteiger partial charge in [0.05, 0.1) is 64.6 Å². The van der Waals surface area contributed by atoms with E-state index in [9.17, 15) is 0 Å². The fraction of sp³-hybridized carbons (Fsp3) is 0. The van der Waals surface area contributed by atoms with Gasteiger partial charge in [-0.1, -0.05) is 206 Å². The molecule has 0 unspecified atom stereocenters. The molecule has 0 radical (unpaired) electrons. The van der Waals surface area contributed by atoms with Crippen LogP contribution in [0.3, 0.4) is 0 Å². The van der Waals surface area contributed by atoms with Crippen molar-refractivity contribution in [1.29, 1.82) is 0 Å². The Morgan fingerprint density at radius 3 is 0.806 bits per heavy atom. The zero-order valence-corrected chi connectivity index (χ0v) is 57.9. The summed E-state index contributed by atoms with van der Waals surface area (Å²) in [6, 6.07) is 117. The van der Waals surface area contributed by atoms with E-state index in [1.807, 2.05) is 48.5 Å². The molecule has 11 aromatic heterocycles. The highest BCUT2D eigenvalue weighted by Crippen LogP contribution is 2.42. The van der Waals surface area contributed by atoms with Crippen molar-refractivity contribution in [3.8, 4) is 62.1 Å². The Bertz CT molecular complexity index is 7040. The van der Waals surface area contributed by atoms with Crippen molar-refractivity contribution in [2.75, 3.05) is 0 Å². The van der Waals surface area contributed by atoms with Crippen molar-refractivity contribution < 1.29 is 22.1 Å². The lowest BCUT2D eigenvalue weighted by Crippen LogP contribution is -1.98. The van der Waals surface area contributed by atoms with E-state index in [1.165, 1.54) is 65.0 Å². The Morgan fingerprint density at radius 2 is 0.444 bits per heavy atom. The number of furan rings is 5. The summed E-state index contributed by atoms with van der Waals surface area (Å²) in [5.74, 6) is 0.818. The summed E-state index contributed by atoms with van der Waals surface area (Å²) in [7, 11) is 0. The third-order valence-corrected chi connectivity index (χ3v) is 21.5. The molecule has 0 spiro atoms. The Labute approximate surface area is 615 Å². The van der Waals surface area contributed by atoms with Crippen LogP contribution in [0.1, 0.15) is 0 Å². The van der Waals surface area contributed by atoms with Crippen LogP contribution in [0.25, 0.3) is 204 Å². The summed E-state index contributed by atoms with van der Waals surface area (Å²) in [5, 5.41) is 19.3. The van der Waals surface area contributed by atoms with Crippen LogP contribution in [-0.4, -0.2) is 27.8 Å². The maximum absolute atomic E-state index is 5.94. The molecule has 24 aromatic rings. The van der Waals surface area contributed by atoms with Crippen molar-refractivity contribution >= 4 is 142 Å². The molecule has 0 aliphatic rings. The van der Waals surface area contributed by atoms with Gasteiger partial charge in [-0.3, -0.25) is 22.8 Å². The van der Waals surface area contributed by atoms with Crippen LogP contribution in [0.15, 0.2) is 387 Å². The first kappa shape index (κ1) is 60.7. The molecule has 0 aliphatic carbocycles. The standard InChI is InChI=1S/C34H21NO.C32H20N2O2.C31H19N3O2/c1-2-12-27-25(10-1)26-11-3-4-13-28(26)32-21-23(16-17-29(27)32)22-8-7-9-24(20-22)35-33-15-6-5-14-30(33)31-18-19-36-34(31)35;1-3-13-29-25(11-1)27-15-17-35-31(27)33(29)23-9-5-7-21(19-23)22-8-6-10-24(20-22)34-30-14-4-2-12-26(30)28-16-18-36-32(28)34;1-3-12-27-22(9-1)24-15-17-35-30(24)33(27)21-8-5-7-20(19-21)26-11-6-14-29(32-26)34-28-13-4-2-10-23(28)25-16-18-36-31(25)34/h1-21H;1-20H;1-19H. The third-order valence-electron chi connectivity index (χ3n) is 21.5. The minimum atomic E-state index is 0.800. The van der Waals surface area contributed by atoms with Crippen LogP contribution in [0.2, 0.25) is 0 Å². The van der Waals surface area contributed by atoms with E-state index in [0.717, 1.165) is 139 Å². The smallest absolute Gasteiger partial charge is 0.213 e. The number of hydrogen-bond acceptors (Lipinski definition) is 6. The molecule has 0 fully saturated rings. The Kier molecular flexibility index (Phi) is 13.7. The van der Waals surface area contributed by atoms with Crippen LogP contribution >= 0.6 is 0 Å². The third kappa shape index (κ3) is 9.52. The van der Waals surface area contributed by atoms with Gasteiger partial charge in [-0.15, -0.1) is 0 Å². The minimum Gasteiger partial charge on any atom is -0.447 e. The van der Waals surface area contributed by atoms with Crippen LogP contribution < -0.4 is 0 Å². The van der Waals surface area contributed by atoms with E-state index < -0.39 is 0 Å². The summed E-state index contributed by atoms with van der Waals surface area (Å²) in [6.07, 6.45) is 8.78. The number of aromatic nitrogens is 6. The molecule has 0 saturated heterocycles. The van der Waals surface area contributed by atoms with Crippen molar-refractivity contribution in [1.82, 2.24) is 27.8 Å². The molecule has 24 rings (SSSR count).